The van der Waals surface area contributed by atoms with Crippen molar-refractivity contribution in [3.05, 3.63) is 30.4 Å². The minimum absolute atomic E-state index is 0.241. The highest BCUT2D eigenvalue weighted by atomic mass is 15.3. The Bertz CT molecular complexity index is 537. The molecule has 1 atom stereocenters. The number of rotatable bonds is 8. The molecule has 114 valence electrons. The highest BCUT2D eigenvalue weighted by Crippen LogP contribution is 2.22. The lowest BCUT2D eigenvalue weighted by atomic mass is 10.1. The number of anilines is 2. The van der Waals surface area contributed by atoms with Crippen molar-refractivity contribution < 1.29 is 0 Å². The van der Waals surface area contributed by atoms with Crippen LogP contribution in [0, 0.1) is 0 Å². The van der Waals surface area contributed by atoms with Gasteiger partial charge in [0.1, 0.15) is 18.0 Å². The van der Waals surface area contributed by atoms with Crippen molar-refractivity contribution in [2.45, 2.75) is 46.2 Å². The van der Waals surface area contributed by atoms with Crippen LogP contribution in [0.5, 0.6) is 0 Å². The molecule has 0 spiro atoms. The van der Waals surface area contributed by atoms with E-state index in [-0.39, 0.29) is 6.04 Å². The van der Waals surface area contributed by atoms with Crippen LogP contribution < -0.4 is 10.6 Å². The van der Waals surface area contributed by atoms with Crippen molar-refractivity contribution >= 4 is 11.6 Å². The van der Waals surface area contributed by atoms with Crippen LogP contribution in [0.3, 0.4) is 0 Å². The molecule has 0 aliphatic rings. The van der Waals surface area contributed by atoms with E-state index in [0.29, 0.717) is 0 Å². The molecule has 0 radical (unpaired) electrons. The molecular formula is C15H24N6. The molecule has 0 aliphatic carbocycles. The first kappa shape index (κ1) is 15.3. The van der Waals surface area contributed by atoms with E-state index in [1.54, 1.807) is 12.5 Å². The number of hydrogen-bond acceptors (Lipinski definition) is 5. The quantitative estimate of drug-likeness (QED) is 0.781. The van der Waals surface area contributed by atoms with Crippen LogP contribution in [-0.2, 0) is 13.0 Å². The second-order valence-corrected chi connectivity index (χ2v) is 5.10. The third-order valence-electron chi connectivity index (χ3n) is 3.19. The van der Waals surface area contributed by atoms with Crippen molar-refractivity contribution in [3.8, 4) is 0 Å². The minimum atomic E-state index is 0.241. The summed E-state index contributed by atoms with van der Waals surface area (Å²) >= 11 is 0. The lowest BCUT2D eigenvalue weighted by molar-refractivity contribution is 0.559. The van der Waals surface area contributed by atoms with Gasteiger partial charge in [0, 0.05) is 30.5 Å². The van der Waals surface area contributed by atoms with Crippen molar-refractivity contribution in [2.75, 3.05) is 17.2 Å². The number of aromatic nitrogens is 4. The van der Waals surface area contributed by atoms with Gasteiger partial charge in [-0.15, -0.1) is 0 Å². The summed E-state index contributed by atoms with van der Waals surface area (Å²) in [5.41, 5.74) is 1.16. The summed E-state index contributed by atoms with van der Waals surface area (Å²) in [5.74, 6) is 1.85. The van der Waals surface area contributed by atoms with Gasteiger partial charge >= 0.3 is 0 Å². The Balaban J connectivity index is 2.12. The summed E-state index contributed by atoms with van der Waals surface area (Å²) in [5, 5.41) is 11.0. The fraction of sp³-hybridized carbons (Fsp3) is 0.533. The van der Waals surface area contributed by atoms with Crippen molar-refractivity contribution in [1.29, 1.82) is 0 Å². The van der Waals surface area contributed by atoms with Gasteiger partial charge in [-0.05, 0) is 26.3 Å². The number of nitrogens with one attached hydrogen (secondary N) is 2. The van der Waals surface area contributed by atoms with E-state index in [4.69, 9.17) is 0 Å². The van der Waals surface area contributed by atoms with Crippen LogP contribution in [0.2, 0.25) is 0 Å². The van der Waals surface area contributed by atoms with E-state index in [0.717, 1.165) is 43.1 Å². The van der Waals surface area contributed by atoms with Gasteiger partial charge in [0.15, 0.2) is 0 Å². The summed E-state index contributed by atoms with van der Waals surface area (Å²) in [6.07, 6.45) is 7.40. The molecular weight excluding hydrogens is 264 g/mol. The topological polar surface area (TPSA) is 67.7 Å². The number of hydrogen-bond donors (Lipinski definition) is 2. The van der Waals surface area contributed by atoms with E-state index < -0.39 is 0 Å². The zero-order chi connectivity index (χ0) is 15.1. The molecule has 2 aromatic rings. The zero-order valence-electron chi connectivity index (χ0n) is 13.0. The Morgan fingerprint density at radius 2 is 2.05 bits per heavy atom. The van der Waals surface area contributed by atoms with Gasteiger partial charge in [-0.1, -0.05) is 13.3 Å². The van der Waals surface area contributed by atoms with Gasteiger partial charge in [0.05, 0.1) is 6.54 Å². The monoisotopic (exact) mass is 288 g/mol. The molecule has 0 saturated heterocycles. The molecule has 2 N–H and O–H groups in total. The largest absolute Gasteiger partial charge is 0.370 e. The predicted octanol–water partition coefficient (Wildman–Crippen LogP) is 2.56. The number of nitrogens with zero attached hydrogens (tertiary/aromatic N) is 4. The smallest absolute Gasteiger partial charge is 0.134 e. The van der Waals surface area contributed by atoms with Gasteiger partial charge in [0.25, 0.3) is 0 Å². The Morgan fingerprint density at radius 1 is 1.24 bits per heavy atom. The predicted molar refractivity (Wildman–Crippen MR) is 85.5 cm³/mol. The Labute approximate surface area is 126 Å². The molecule has 0 fully saturated rings. The molecule has 0 aliphatic heterocycles. The van der Waals surface area contributed by atoms with Crippen LogP contribution in [-0.4, -0.2) is 32.3 Å². The molecule has 6 nitrogen and oxygen atoms in total. The standard InChI is InChI=1S/C15H24N6/c1-4-7-13-14(16-5-2)17-11-18-15(13)20-12(3)10-21-9-6-8-19-21/h6,8-9,11-12H,4-5,7,10H2,1-3H3,(H2,16,17,18,20). The maximum absolute atomic E-state index is 4.42. The SMILES string of the molecule is CCCc1c(NCC)ncnc1NC(C)Cn1cccn1. The lowest BCUT2D eigenvalue weighted by Gasteiger charge is -2.19. The van der Waals surface area contributed by atoms with E-state index >= 15 is 0 Å². The van der Waals surface area contributed by atoms with Crippen LogP contribution >= 0.6 is 0 Å². The molecule has 6 heteroatoms. The second-order valence-electron chi connectivity index (χ2n) is 5.10. The summed E-state index contributed by atoms with van der Waals surface area (Å²) in [7, 11) is 0. The summed E-state index contributed by atoms with van der Waals surface area (Å²) in [6, 6.07) is 2.17. The normalized spacial score (nSPS) is 12.1. The summed E-state index contributed by atoms with van der Waals surface area (Å²) in [6.45, 7) is 8.03. The minimum Gasteiger partial charge on any atom is -0.370 e. The van der Waals surface area contributed by atoms with Crippen molar-refractivity contribution in [2.24, 2.45) is 0 Å². The summed E-state index contributed by atoms with van der Waals surface area (Å²) < 4.78 is 1.92. The van der Waals surface area contributed by atoms with Gasteiger partial charge < -0.3 is 10.6 Å². The maximum Gasteiger partial charge on any atom is 0.134 e. The van der Waals surface area contributed by atoms with Crippen LogP contribution in [0.25, 0.3) is 0 Å². The molecule has 0 amide bonds. The molecule has 21 heavy (non-hydrogen) atoms. The molecule has 0 bridgehead atoms. The first-order valence-corrected chi connectivity index (χ1v) is 7.56. The average molecular weight is 288 g/mol. The lowest BCUT2D eigenvalue weighted by Crippen LogP contribution is -2.24. The fourth-order valence-electron chi connectivity index (χ4n) is 2.31. The Morgan fingerprint density at radius 3 is 2.71 bits per heavy atom. The second kappa shape index (κ2) is 7.61. The van der Waals surface area contributed by atoms with E-state index in [9.17, 15) is 0 Å². The van der Waals surface area contributed by atoms with Crippen LogP contribution in [0.4, 0.5) is 11.6 Å². The van der Waals surface area contributed by atoms with Gasteiger partial charge in [0.2, 0.25) is 0 Å². The first-order chi connectivity index (χ1) is 10.2. The van der Waals surface area contributed by atoms with Gasteiger partial charge in [-0.25, -0.2) is 9.97 Å². The maximum atomic E-state index is 4.42. The highest BCUT2D eigenvalue weighted by molar-refractivity contribution is 5.57. The van der Waals surface area contributed by atoms with E-state index in [1.165, 1.54) is 0 Å². The molecule has 1 unspecified atom stereocenters. The van der Waals surface area contributed by atoms with Crippen LogP contribution in [0.15, 0.2) is 24.8 Å². The summed E-state index contributed by atoms with van der Waals surface area (Å²) in [4.78, 5) is 8.77. The van der Waals surface area contributed by atoms with Gasteiger partial charge in [-0.3, -0.25) is 4.68 Å². The van der Waals surface area contributed by atoms with Crippen molar-refractivity contribution in [1.82, 2.24) is 19.7 Å². The van der Waals surface area contributed by atoms with Crippen molar-refractivity contribution in [3.63, 3.8) is 0 Å². The molecule has 0 aromatic carbocycles. The Hall–Kier alpha value is -2.11. The molecule has 2 aromatic heterocycles. The fourth-order valence-corrected chi connectivity index (χ4v) is 2.31. The molecule has 0 saturated carbocycles. The zero-order valence-corrected chi connectivity index (χ0v) is 13.0. The first-order valence-electron chi connectivity index (χ1n) is 7.56. The third kappa shape index (κ3) is 4.18. The highest BCUT2D eigenvalue weighted by Gasteiger charge is 2.12. The molecule has 2 heterocycles. The third-order valence-corrected chi connectivity index (χ3v) is 3.19. The Kier molecular flexibility index (Phi) is 5.54. The van der Waals surface area contributed by atoms with E-state index in [2.05, 4.69) is 46.5 Å². The van der Waals surface area contributed by atoms with E-state index in [1.807, 2.05) is 16.9 Å². The molecule has 2 rings (SSSR count). The van der Waals surface area contributed by atoms with Gasteiger partial charge in [-0.2, -0.15) is 5.10 Å². The average Bonchev–Trinajstić information content (AvgIpc) is 2.95. The van der Waals surface area contributed by atoms with Crippen LogP contribution in [0.1, 0.15) is 32.8 Å².